The quantitative estimate of drug-likeness (QED) is 0.378. The fourth-order valence-electron chi connectivity index (χ4n) is 1.49. The first-order valence-electron chi connectivity index (χ1n) is 5.07. The minimum atomic E-state index is -2.54. The van der Waals surface area contributed by atoms with E-state index in [0.29, 0.717) is 0 Å². The standard InChI is InChI=1S/C8H10N4O7/c1-2-19-6(13)8(12(17)18)4-9-7(14)10-5(8)3-11(15)16/h3H,2,4H2,1H3,(H2,9,10,14)/b5-3+. The molecule has 104 valence electrons. The lowest BCUT2D eigenvalue weighted by Gasteiger charge is -2.28. The fraction of sp³-hybridized carbons (Fsp3) is 0.500. The molecule has 0 aliphatic carbocycles. The van der Waals surface area contributed by atoms with Crippen LogP contribution in [0.25, 0.3) is 0 Å². The van der Waals surface area contributed by atoms with E-state index in [-0.39, 0.29) is 12.8 Å². The Morgan fingerprint density at radius 2 is 2.16 bits per heavy atom. The number of esters is 1. The summed E-state index contributed by atoms with van der Waals surface area (Å²) in [4.78, 5) is 42.4. The van der Waals surface area contributed by atoms with E-state index in [2.05, 4.69) is 4.74 Å². The summed E-state index contributed by atoms with van der Waals surface area (Å²) in [6, 6.07) is -0.880. The van der Waals surface area contributed by atoms with Crippen LogP contribution in [0.2, 0.25) is 0 Å². The van der Waals surface area contributed by atoms with Crippen LogP contribution >= 0.6 is 0 Å². The van der Waals surface area contributed by atoms with Crippen molar-refractivity contribution in [3.05, 3.63) is 32.1 Å². The van der Waals surface area contributed by atoms with Gasteiger partial charge in [-0.05, 0) is 6.92 Å². The first-order chi connectivity index (χ1) is 8.84. The molecule has 1 unspecified atom stereocenters. The van der Waals surface area contributed by atoms with E-state index < -0.39 is 39.6 Å². The predicted molar refractivity (Wildman–Crippen MR) is 58.0 cm³/mol. The Morgan fingerprint density at radius 3 is 2.63 bits per heavy atom. The Labute approximate surface area is 105 Å². The van der Waals surface area contributed by atoms with Crippen molar-refractivity contribution in [1.82, 2.24) is 10.6 Å². The van der Waals surface area contributed by atoms with Crippen LogP contribution in [-0.2, 0) is 9.53 Å². The number of urea groups is 1. The van der Waals surface area contributed by atoms with Gasteiger partial charge in [0.15, 0.2) is 5.70 Å². The summed E-state index contributed by atoms with van der Waals surface area (Å²) >= 11 is 0. The van der Waals surface area contributed by atoms with Crippen LogP contribution < -0.4 is 10.6 Å². The third kappa shape index (κ3) is 2.59. The van der Waals surface area contributed by atoms with E-state index in [9.17, 15) is 29.8 Å². The minimum absolute atomic E-state index is 0.145. The van der Waals surface area contributed by atoms with Crippen LogP contribution in [0.4, 0.5) is 4.79 Å². The van der Waals surface area contributed by atoms with Gasteiger partial charge in [-0.1, -0.05) is 0 Å². The lowest BCUT2D eigenvalue weighted by atomic mass is 9.94. The van der Waals surface area contributed by atoms with E-state index in [0.717, 1.165) is 0 Å². The average Bonchev–Trinajstić information content (AvgIpc) is 2.28. The molecule has 1 rings (SSSR count). The van der Waals surface area contributed by atoms with Crippen LogP contribution in [0, 0.1) is 20.2 Å². The summed E-state index contributed by atoms with van der Waals surface area (Å²) in [5.74, 6) is -1.29. The molecule has 0 aromatic carbocycles. The normalized spacial score (nSPS) is 24.3. The van der Waals surface area contributed by atoms with Gasteiger partial charge in [-0.15, -0.1) is 0 Å². The Balaban J connectivity index is 3.32. The van der Waals surface area contributed by atoms with Crippen molar-refractivity contribution in [2.75, 3.05) is 13.2 Å². The third-order valence-corrected chi connectivity index (χ3v) is 2.36. The van der Waals surface area contributed by atoms with E-state index in [1.807, 2.05) is 10.6 Å². The number of carbonyl (C=O) groups excluding carboxylic acids is 2. The maximum absolute atomic E-state index is 11.7. The summed E-state index contributed by atoms with van der Waals surface area (Å²) < 4.78 is 4.56. The molecule has 2 amide bonds. The predicted octanol–water partition coefficient (Wildman–Crippen LogP) is -1.00. The molecule has 1 saturated heterocycles. The number of ether oxygens (including phenoxy) is 1. The van der Waals surface area contributed by atoms with Crippen molar-refractivity contribution >= 4 is 12.0 Å². The Hall–Kier alpha value is -2.72. The van der Waals surface area contributed by atoms with Crippen molar-refractivity contribution in [2.45, 2.75) is 12.5 Å². The molecular weight excluding hydrogens is 264 g/mol. The van der Waals surface area contributed by atoms with Crippen LogP contribution in [0.3, 0.4) is 0 Å². The van der Waals surface area contributed by atoms with Gasteiger partial charge in [0.2, 0.25) is 0 Å². The molecular formula is C8H10N4O7. The topological polar surface area (TPSA) is 154 Å². The average molecular weight is 274 g/mol. The first-order valence-corrected chi connectivity index (χ1v) is 5.07. The van der Waals surface area contributed by atoms with Crippen LogP contribution in [0.15, 0.2) is 11.9 Å². The monoisotopic (exact) mass is 274 g/mol. The second-order valence-corrected chi connectivity index (χ2v) is 3.47. The summed E-state index contributed by atoms with van der Waals surface area (Å²) in [5, 5.41) is 25.5. The number of nitro groups is 2. The van der Waals surface area contributed by atoms with E-state index in [4.69, 9.17) is 0 Å². The molecule has 11 heteroatoms. The molecule has 0 aromatic rings. The maximum Gasteiger partial charge on any atom is 0.393 e. The Bertz CT molecular complexity index is 474. The highest BCUT2D eigenvalue weighted by Gasteiger charge is 2.60. The zero-order chi connectivity index (χ0) is 14.6. The molecule has 1 atom stereocenters. The summed E-state index contributed by atoms with van der Waals surface area (Å²) in [6.07, 6.45) is 0.207. The Morgan fingerprint density at radius 1 is 1.53 bits per heavy atom. The number of hydrogen-bond donors (Lipinski definition) is 2. The highest BCUT2D eigenvalue weighted by atomic mass is 16.6. The minimum Gasteiger partial charge on any atom is -0.460 e. The SMILES string of the molecule is CCOC(=O)C1([N+](=O)[O-])CNC(=O)N/C1=C/[N+](=O)[O-]. The van der Waals surface area contributed by atoms with Crippen LogP contribution in [0.1, 0.15) is 6.92 Å². The molecule has 0 spiro atoms. The summed E-state index contributed by atoms with van der Waals surface area (Å²) in [6.45, 7) is 0.551. The zero-order valence-electron chi connectivity index (χ0n) is 9.74. The molecule has 2 N–H and O–H groups in total. The molecule has 0 aromatic heterocycles. The smallest absolute Gasteiger partial charge is 0.393 e. The van der Waals surface area contributed by atoms with Gasteiger partial charge < -0.3 is 10.1 Å². The maximum atomic E-state index is 11.7. The molecule has 1 fully saturated rings. The molecule has 1 aliphatic heterocycles. The number of rotatable bonds is 4. The number of nitrogens with one attached hydrogen (secondary N) is 2. The van der Waals surface area contributed by atoms with Crippen LogP contribution in [0.5, 0.6) is 0 Å². The molecule has 0 radical (unpaired) electrons. The summed E-state index contributed by atoms with van der Waals surface area (Å²) in [7, 11) is 0. The number of hydrogen-bond acceptors (Lipinski definition) is 7. The van der Waals surface area contributed by atoms with Gasteiger partial charge in [-0.3, -0.25) is 25.5 Å². The van der Waals surface area contributed by atoms with Gasteiger partial charge in [-0.2, -0.15) is 0 Å². The summed E-state index contributed by atoms with van der Waals surface area (Å²) in [5.41, 5.74) is -3.29. The number of carbonyl (C=O) groups is 2. The van der Waals surface area contributed by atoms with Crippen molar-refractivity contribution in [3.8, 4) is 0 Å². The van der Waals surface area contributed by atoms with Gasteiger partial charge in [0.1, 0.15) is 6.54 Å². The van der Waals surface area contributed by atoms with Crippen LogP contribution in [-0.4, -0.2) is 40.5 Å². The highest BCUT2D eigenvalue weighted by Crippen LogP contribution is 2.23. The van der Waals surface area contributed by atoms with Gasteiger partial charge >= 0.3 is 17.5 Å². The molecule has 1 aliphatic rings. The van der Waals surface area contributed by atoms with Crippen molar-refractivity contribution < 1.29 is 24.2 Å². The number of nitrogens with zero attached hydrogens (tertiary/aromatic N) is 2. The fourth-order valence-corrected chi connectivity index (χ4v) is 1.49. The van der Waals surface area contributed by atoms with Crippen molar-refractivity contribution in [1.29, 1.82) is 0 Å². The van der Waals surface area contributed by atoms with Gasteiger partial charge in [0.05, 0.1) is 11.5 Å². The van der Waals surface area contributed by atoms with Gasteiger partial charge in [0.25, 0.3) is 6.20 Å². The van der Waals surface area contributed by atoms with Gasteiger partial charge in [0, 0.05) is 4.92 Å². The molecule has 19 heavy (non-hydrogen) atoms. The molecule has 11 nitrogen and oxygen atoms in total. The molecule has 1 heterocycles. The van der Waals surface area contributed by atoms with E-state index in [1.54, 1.807) is 0 Å². The Kier molecular flexibility index (Phi) is 3.99. The highest BCUT2D eigenvalue weighted by molar-refractivity contribution is 5.89. The third-order valence-electron chi connectivity index (χ3n) is 2.36. The second-order valence-electron chi connectivity index (χ2n) is 3.47. The molecule has 0 saturated carbocycles. The first kappa shape index (κ1) is 14.3. The largest absolute Gasteiger partial charge is 0.460 e. The van der Waals surface area contributed by atoms with Crippen molar-refractivity contribution in [3.63, 3.8) is 0 Å². The zero-order valence-corrected chi connectivity index (χ0v) is 9.74. The van der Waals surface area contributed by atoms with Gasteiger partial charge in [-0.25, -0.2) is 9.59 Å². The molecule has 0 bridgehead atoms. The van der Waals surface area contributed by atoms with E-state index in [1.165, 1.54) is 6.92 Å². The van der Waals surface area contributed by atoms with Crippen molar-refractivity contribution in [2.24, 2.45) is 0 Å². The lowest BCUT2D eigenvalue weighted by molar-refractivity contribution is -0.545. The lowest BCUT2D eigenvalue weighted by Crippen LogP contribution is -2.65. The number of amides is 2. The second kappa shape index (κ2) is 5.29. The van der Waals surface area contributed by atoms with E-state index >= 15 is 0 Å².